The molecular formula is C14H18N2O. The summed E-state index contributed by atoms with van der Waals surface area (Å²) in [5, 5.41) is 0.941. The third-order valence-electron chi connectivity index (χ3n) is 2.89. The SMILES string of the molecule is CC(C)(C)CCn1cc(C=O)c2cccnc21. The van der Waals surface area contributed by atoms with Crippen LogP contribution in [0.5, 0.6) is 0 Å². The molecule has 0 amide bonds. The van der Waals surface area contributed by atoms with Crippen molar-refractivity contribution in [3.05, 3.63) is 30.1 Å². The van der Waals surface area contributed by atoms with Crippen molar-refractivity contribution < 1.29 is 4.79 Å². The zero-order valence-electron chi connectivity index (χ0n) is 10.6. The Kier molecular flexibility index (Phi) is 3.01. The molecule has 2 heterocycles. The summed E-state index contributed by atoms with van der Waals surface area (Å²) in [4.78, 5) is 15.3. The molecule has 0 aliphatic carbocycles. The minimum atomic E-state index is 0.284. The Morgan fingerprint density at radius 1 is 1.41 bits per heavy atom. The fourth-order valence-corrected chi connectivity index (χ4v) is 1.87. The number of fused-ring (bicyclic) bond motifs is 1. The molecule has 0 aromatic carbocycles. The Labute approximate surface area is 101 Å². The molecule has 0 fully saturated rings. The van der Waals surface area contributed by atoms with Crippen LogP contribution in [0.4, 0.5) is 0 Å². The molecule has 0 bridgehead atoms. The summed E-state index contributed by atoms with van der Waals surface area (Å²) >= 11 is 0. The van der Waals surface area contributed by atoms with Crippen molar-refractivity contribution in [3.8, 4) is 0 Å². The topological polar surface area (TPSA) is 34.9 Å². The Bertz CT molecular complexity index is 535. The van der Waals surface area contributed by atoms with Crippen LogP contribution < -0.4 is 0 Å². The number of carbonyl (C=O) groups is 1. The van der Waals surface area contributed by atoms with Crippen LogP contribution in [-0.2, 0) is 6.54 Å². The van der Waals surface area contributed by atoms with Crippen LogP contribution in [0.2, 0.25) is 0 Å². The third-order valence-corrected chi connectivity index (χ3v) is 2.89. The molecule has 0 saturated carbocycles. The number of rotatable bonds is 3. The Morgan fingerprint density at radius 2 is 2.18 bits per heavy atom. The van der Waals surface area contributed by atoms with Crippen LogP contribution in [0.1, 0.15) is 37.6 Å². The van der Waals surface area contributed by atoms with Gasteiger partial charge in [-0.2, -0.15) is 0 Å². The maximum Gasteiger partial charge on any atom is 0.152 e. The van der Waals surface area contributed by atoms with E-state index in [0.717, 1.165) is 35.8 Å². The van der Waals surface area contributed by atoms with Gasteiger partial charge in [0.15, 0.2) is 6.29 Å². The lowest BCUT2D eigenvalue weighted by molar-refractivity contribution is 0.112. The van der Waals surface area contributed by atoms with Gasteiger partial charge in [0, 0.05) is 29.9 Å². The highest BCUT2D eigenvalue weighted by molar-refractivity contribution is 5.95. The van der Waals surface area contributed by atoms with E-state index >= 15 is 0 Å². The van der Waals surface area contributed by atoms with Crippen molar-refractivity contribution in [2.75, 3.05) is 0 Å². The molecule has 0 spiro atoms. The molecular weight excluding hydrogens is 212 g/mol. The first-order chi connectivity index (χ1) is 8.01. The molecule has 17 heavy (non-hydrogen) atoms. The molecule has 2 aromatic rings. The van der Waals surface area contributed by atoms with Gasteiger partial charge in [0.05, 0.1) is 0 Å². The van der Waals surface area contributed by atoms with E-state index in [2.05, 4.69) is 30.3 Å². The lowest BCUT2D eigenvalue weighted by Crippen LogP contribution is -2.10. The number of aldehydes is 1. The number of aryl methyl sites for hydroxylation is 1. The van der Waals surface area contributed by atoms with Crippen molar-refractivity contribution in [2.45, 2.75) is 33.7 Å². The monoisotopic (exact) mass is 230 g/mol. The predicted octanol–water partition coefficient (Wildman–Crippen LogP) is 3.29. The lowest BCUT2D eigenvalue weighted by Gasteiger charge is -2.18. The second kappa shape index (κ2) is 4.32. The molecule has 2 rings (SSSR count). The van der Waals surface area contributed by atoms with Crippen LogP contribution in [-0.4, -0.2) is 15.8 Å². The van der Waals surface area contributed by atoms with Crippen molar-refractivity contribution in [1.29, 1.82) is 0 Å². The lowest BCUT2D eigenvalue weighted by atomic mass is 9.92. The summed E-state index contributed by atoms with van der Waals surface area (Å²) in [5.74, 6) is 0. The fourth-order valence-electron chi connectivity index (χ4n) is 1.87. The largest absolute Gasteiger partial charge is 0.332 e. The second-order valence-corrected chi connectivity index (χ2v) is 5.58. The molecule has 0 atom stereocenters. The van der Waals surface area contributed by atoms with Gasteiger partial charge in [0.25, 0.3) is 0 Å². The van der Waals surface area contributed by atoms with Crippen LogP contribution in [0.15, 0.2) is 24.5 Å². The molecule has 0 saturated heterocycles. The molecule has 0 aliphatic heterocycles. The van der Waals surface area contributed by atoms with Gasteiger partial charge in [-0.1, -0.05) is 20.8 Å². The van der Waals surface area contributed by atoms with Crippen molar-refractivity contribution >= 4 is 17.3 Å². The van der Waals surface area contributed by atoms with E-state index in [1.165, 1.54) is 0 Å². The maximum absolute atomic E-state index is 11.0. The maximum atomic E-state index is 11.0. The highest BCUT2D eigenvalue weighted by Gasteiger charge is 2.13. The average molecular weight is 230 g/mol. The predicted molar refractivity (Wildman–Crippen MR) is 69.2 cm³/mol. The zero-order valence-corrected chi connectivity index (χ0v) is 10.6. The summed E-state index contributed by atoms with van der Waals surface area (Å²) in [6, 6.07) is 3.81. The van der Waals surface area contributed by atoms with Crippen LogP contribution in [0, 0.1) is 5.41 Å². The minimum absolute atomic E-state index is 0.284. The number of carbonyl (C=O) groups excluding carboxylic acids is 1. The van der Waals surface area contributed by atoms with Crippen LogP contribution in [0.3, 0.4) is 0 Å². The summed E-state index contributed by atoms with van der Waals surface area (Å²) in [7, 11) is 0. The first kappa shape index (κ1) is 11.8. The number of aromatic nitrogens is 2. The summed E-state index contributed by atoms with van der Waals surface area (Å²) in [6.45, 7) is 7.54. The molecule has 0 unspecified atom stereocenters. The highest BCUT2D eigenvalue weighted by Crippen LogP contribution is 2.23. The van der Waals surface area contributed by atoms with E-state index < -0.39 is 0 Å². The third kappa shape index (κ3) is 2.54. The number of nitrogens with zero attached hydrogens (tertiary/aromatic N) is 2. The van der Waals surface area contributed by atoms with E-state index in [0.29, 0.717) is 0 Å². The summed E-state index contributed by atoms with van der Waals surface area (Å²) in [5.41, 5.74) is 1.91. The second-order valence-electron chi connectivity index (χ2n) is 5.58. The number of hydrogen-bond acceptors (Lipinski definition) is 2. The minimum Gasteiger partial charge on any atom is -0.332 e. The van der Waals surface area contributed by atoms with Gasteiger partial charge in [-0.3, -0.25) is 4.79 Å². The van der Waals surface area contributed by atoms with Gasteiger partial charge in [-0.15, -0.1) is 0 Å². The molecule has 3 heteroatoms. The van der Waals surface area contributed by atoms with Crippen LogP contribution >= 0.6 is 0 Å². The Hall–Kier alpha value is -1.64. The van der Waals surface area contributed by atoms with Gasteiger partial charge in [-0.05, 0) is 24.0 Å². The van der Waals surface area contributed by atoms with Crippen LogP contribution in [0.25, 0.3) is 11.0 Å². The molecule has 0 N–H and O–H groups in total. The fraction of sp³-hybridized carbons (Fsp3) is 0.429. The summed E-state index contributed by atoms with van der Waals surface area (Å²) < 4.78 is 2.07. The molecule has 90 valence electrons. The molecule has 2 aromatic heterocycles. The van der Waals surface area contributed by atoms with Gasteiger partial charge in [0.2, 0.25) is 0 Å². The van der Waals surface area contributed by atoms with Gasteiger partial charge in [0.1, 0.15) is 5.65 Å². The van der Waals surface area contributed by atoms with E-state index in [4.69, 9.17) is 0 Å². The van der Waals surface area contributed by atoms with Crippen molar-refractivity contribution in [3.63, 3.8) is 0 Å². The Balaban J connectivity index is 2.37. The van der Waals surface area contributed by atoms with E-state index in [9.17, 15) is 4.79 Å². The number of pyridine rings is 1. The number of hydrogen-bond donors (Lipinski definition) is 0. The van der Waals surface area contributed by atoms with Gasteiger partial charge in [-0.25, -0.2) is 4.98 Å². The normalized spacial score (nSPS) is 11.9. The first-order valence-electron chi connectivity index (χ1n) is 5.90. The average Bonchev–Trinajstić information content (AvgIpc) is 2.64. The van der Waals surface area contributed by atoms with E-state index in [1.54, 1.807) is 6.20 Å². The van der Waals surface area contributed by atoms with E-state index in [1.807, 2.05) is 18.3 Å². The quantitative estimate of drug-likeness (QED) is 0.758. The van der Waals surface area contributed by atoms with Crippen molar-refractivity contribution in [1.82, 2.24) is 9.55 Å². The Morgan fingerprint density at radius 3 is 2.82 bits per heavy atom. The first-order valence-corrected chi connectivity index (χ1v) is 5.90. The van der Waals surface area contributed by atoms with Gasteiger partial charge < -0.3 is 4.57 Å². The van der Waals surface area contributed by atoms with E-state index in [-0.39, 0.29) is 5.41 Å². The molecule has 0 aliphatic rings. The highest BCUT2D eigenvalue weighted by atomic mass is 16.1. The molecule has 0 radical (unpaired) electrons. The van der Waals surface area contributed by atoms with Crippen molar-refractivity contribution in [2.24, 2.45) is 5.41 Å². The zero-order chi connectivity index (χ0) is 12.5. The standard InChI is InChI=1S/C14H18N2O/c1-14(2,3)6-8-16-9-11(10-17)12-5-4-7-15-13(12)16/h4-5,7,9-10H,6,8H2,1-3H3. The summed E-state index contributed by atoms with van der Waals surface area (Å²) in [6.07, 6.45) is 5.63. The smallest absolute Gasteiger partial charge is 0.152 e. The molecule has 3 nitrogen and oxygen atoms in total. The van der Waals surface area contributed by atoms with Gasteiger partial charge >= 0.3 is 0 Å².